The topological polar surface area (TPSA) is 63.4 Å². The molecule has 0 amide bonds. The third-order valence-electron chi connectivity index (χ3n) is 3.59. The normalized spacial score (nSPS) is 20.0. The van der Waals surface area contributed by atoms with Gasteiger partial charge in [-0.15, -0.1) is 12.4 Å². The number of nitrogens with two attached hydrogens (primary N) is 1. The maximum atomic E-state index is 12.7. The van der Waals surface area contributed by atoms with Gasteiger partial charge in [0.2, 0.25) is 10.0 Å². The Kier molecular flexibility index (Phi) is 7.24. The molecule has 1 atom stereocenters. The lowest BCUT2D eigenvalue weighted by Crippen LogP contribution is -2.40. The second-order valence-corrected chi connectivity index (χ2v) is 7.69. The van der Waals surface area contributed by atoms with Crippen LogP contribution in [0.15, 0.2) is 23.1 Å². The molecule has 0 spiro atoms. The van der Waals surface area contributed by atoms with Gasteiger partial charge in [0, 0.05) is 13.1 Å². The third-order valence-corrected chi connectivity index (χ3v) is 6.43. The van der Waals surface area contributed by atoms with Crippen LogP contribution in [-0.2, 0) is 10.0 Å². The first-order valence-corrected chi connectivity index (χ1v) is 8.80. The Balaban J connectivity index is 0.00000220. The van der Waals surface area contributed by atoms with Gasteiger partial charge in [-0.3, -0.25) is 0 Å². The highest BCUT2D eigenvalue weighted by atomic mass is 35.5. The van der Waals surface area contributed by atoms with Gasteiger partial charge >= 0.3 is 0 Å². The van der Waals surface area contributed by atoms with E-state index in [1.807, 2.05) is 0 Å². The highest BCUT2D eigenvalue weighted by Crippen LogP contribution is 2.32. The maximum absolute atomic E-state index is 12.7. The molecule has 0 radical (unpaired) electrons. The van der Waals surface area contributed by atoms with Crippen molar-refractivity contribution in [3.8, 4) is 0 Å². The number of hydrogen-bond acceptors (Lipinski definition) is 3. The SMILES string of the molecule is Cl.NCCC1CCCN(S(=O)(=O)c2cccc(Cl)c2Cl)C1. The van der Waals surface area contributed by atoms with Gasteiger partial charge in [0.25, 0.3) is 0 Å². The molecule has 0 aliphatic carbocycles. The van der Waals surface area contributed by atoms with E-state index in [2.05, 4.69) is 0 Å². The average Bonchev–Trinajstić information content (AvgIpc) is 2.42. The summed E-state index contributed by atoms with van der Waals surface area (Å²) in [4.78, 5) is 0.0834. The molecule has 1 aliphatic rings. The largest absolute Gasteiger partial charge is 0.330 e. The molecule has 120 valence electrons. The molecular weight excluding hydrogens is 355 g/mol. The molecule has 0 bridgehead atoms. The van der Waals surface area contributed by atoms with E-state index >= 15 is 0 Å². The third kappa shape index (κ3) is 4.24. The monoisotopic (exact) mass is 372 g/mol. The van der Waals surface area contributed by atoms with Gasteiger partial charge in [-0.05, 0) is 43.9 Å². The van der Waals surface area contributed by atoms with Crippen LogP contribution in [-0.4, -0.2) is 32.4 Å². The molecule has 8 heteroatoms. The number of benzene rings is 1. The Morgan fingerprint density at radius 1 is 1.33 bits per heavy atom. The average molecular weight is 374 g/mol. The quantitative estimate of drug-likeness (QED) is 0.881. The minimum absolute atomic E-state index is 0. The molecule has 1 aliphatic heterocycles. The number of sulfonamides is 1. The molecule has 1 aromatic carbocycles. The standard InChI is InChI=1S/C13H18Cl2N2O2S.ClH/c14-11-4-1-5-12(13(11)15)20(18,19)17-8-2-3-10(9-17)6-7-16;/h1,4-5,10H,2-3,6-9,16H2;1H. The lowest BCUT2D eigenvalue weighted by molar-refractivity contribution is 0.258. The maximum Gasteiger partial charge on any atom is 0.244 e. The molecule has 21 heavy (non-hydrogen) atoms. The van der Waals surface area contributed by atoms with Crippen molar-refractivity contribution >= 4 is 45.6 Å². The number of halogens is 3. The van der Waals surface area contributed by atoms with Crippen molar-refractivity contribution in [2.24, 2.45) is 11.7 Å². The Labute approximate surface area is 142 Å². The minimum atomic E-state index is -3.59. The van der Waals surface area contributed by atoms with Crippen LogP contribution in [0.2, 0.25) is 10.0 Å². The van der Waals surface area contributed by atoms with Crippen LogP contribution in [0, 0.1) is 5.92 Å². The van der Waals surface area contributed by atoms with Crippen LogP contribution in [0.3, 0.4) is 0 Å². The molecular formula is C13H19Cl3N2O2S. The number of piperidine rings is 1. The smallest absolute Gasteiger partial charge is 0.244 e. The van der Waals surface area contributed by atoms with Crippen molar-refractivity contribution in [2.75, 3.05) is 19.6 Å². The number of nitrogens with zero attached hydrogens (tertiary/aromatic N) is 1. The van der Waals surface area contributed by atoms with Crippen molar-refractivity contribution in [1.29, 1.82) is 0 Å². The molecule has 1 aromatic rings. The van der Waals surface area contributed by atoms with Crippen molar-refractivity contribution < 1.29 is 8.42 Å². The number of hydrogen-bond donors (Lipinski definition) is 1. The fourth-order valence-electron chi connectivity index (χ4n) is 2.54. The Hall–Kier alpha value is -0.0400. The zero-order valence-corrected chi connectivity index (χ0v) is 14.6. The molecule has 2 N–H and O–H groups in total. The summed E-state index contributed by atoms with van der Waals surface area (Å²) in [5.41, 5.74) is 5.56. The van der Waals surface area contributed by atoms with Crippen LogP contribution in [0.25, 0.3) is 0 Å². The second-order valence-electron chi connectivity index (χ2n) is 5.00. The summed E-state index contributed by atoms with van der Waals surface area (Å²) in [5, 5.41) is 0.346. The summed E-state index contributed by atoms with van der Waals surface area (Å²) in [6, 6.07) is 4.68. The highest BCUT2D eigenvalue weighted by molar-refractivity contribution is 7.89. The molecule has 0 saturated carbocycles. The van der Waals surface area contributed by atoms with E-state index in [-0.39, 0.29) is 27.3 Å². The first-order chi connectivity index (χ1) is 9.46. The predicted octanol–water partition coefficient (Wildman–Crippen LogP) is 3.16. The molecule has 1 heterocycles. The summed E-state index contributed by atoms with van der Waals surface area (Å²) >= 11 is 11.9. The lowest BCUT2D eigenvalue weighted by Gasteiger charge is -2.32. The van der Waals surface area contributed by atoms with Gasteiger partial charge in [-0.2, -0.15) is 4.31 Å². The van der Waals surface area contributed by atoms with Gasteiger partial charge in [0.05, 0.1) is 10.0 Å². The van der Waals surface area contributed by atoms with Crippen molar-refractivity contribution in [1.82, 2.24) is 4.31 Å². The summed E-state index contributed by atoms with van der Waals surface area (Å²) in [7, 11) is -3.59. The zero-order valence-electron chi connectivity index (χ0n) is 11.5. The summed E-state index contributed by atoms with van der Waals surface area (Å²) in [6.45, 7) is 1.60. The van der Waals surface area contributed by atoms with Crippen LogP contribution < -0.4 is 5.73 Å². The summed E-state index contributed by atoms with van der Waals surface area (Å²) in [6.07, 6.45) is 2.71. The molecule has 1 fully saturated rings. The zero-order chi connectivity index (χ0) is 14.8. The summed E-state index contributed by atoms with van der Waals surface area (Å²) in [5.74, 6) is 0.321. The molecule has 1 unspecified atom stereocenters. The lowest BCUT2D eigenvalue weighted by atomic mass is 9.96. The van der Waals surface area contributed by atoms with E-state index in [9.17, 15) is 8.42 Å². The first-order valence-electron chi connectivity index (χ1n) is 6.61. The van der Waals surface area contributed by atoms with Crippen molar-refractivity contribution in [2.45, 2.75) is 24.2 Å². The summed E-state index contributed by atoms with van der Waals surface area (Å²) < 4.78 is 26.8. The van der Waals surface area contributed by atoms with Crippen LogP contribution >= 0.6 is 35.6 Å². The molecule has 1 saturated heterocycles. The van der Waals surface area contributed by atoms with E-state index in [0.29, 0.717) is 25.6 Å². The van der Waals surface area contributed by atoms with Gasteiger partial charge in [-0.1, -0.05) is 29.3 Å². The van der Waals surface area contributed by atoms with Crippen LogP contribution in [0.1, 0.15) is 19.3 Å². The van der Waals surface area contributed by atoms with Gasteiger partial charge < -0.3 is 5.73 Å². The second kappa shape index (κ2) is 7.99. The van der Waals surface area contributed by atoms with E-state index in [1.54, 1.807) is 12.1 Å². The Bertz CT molecular complexity index is 579. The van der Waals surface area contributed by atoms with E-state index in [1.165, 1.54) is 10.4 Å². The van der Waals surface area contributed by atoms with E-state index in [0.717, 1.165) is 19.3 Å². The van der Waals surface area contributed by atoms with Crippen LogP contribution in [0.5, 0.6) is 0 Å². The highest BCUT2D eigenvalue weighted by Gasteiger charge is 2.31. The van der Waals surface area contributed by atoms with E-state index in [4.69, 9.17) is 28.9 Å². The predicted molar refractivity (Wildman–Crippen MR) is 88.9 cm³/mol. The molecule has 4 nitrogen and oxygen atoms in total. The van der Waals surface area contributed by atoms with E-state index < -0.39 is 10.0 Å². The fraction of sp³-hybridized carbons (Fsp3) is 0.538. The Morgan fingerprint density at radius 2 is 2.05 bits per heavy atom. The van der Waals surface area contributed by atoms with Gasteiger partial charge in [0.1, 0.15) is 4.90 Å². The fourth-order valence-corrected chi connectivity index (χ4v) is 4.83. The van der Waals surface area contributed by atoms with Crippen LogP contribution in [0.4, 0.5) is 0 Å². The number of rotatable bonds is 4. The van der Waals surface area contributed by atoms with Crippen molar-refractivity contribution in [3.63, 3.8) is 0 Å². The Morgan fingerprint density at radius 3 is 2.71 bits per heavy atom. The minimum Gasteiger partial charge on any atom is -0.330 e. The first kappa shape index (κ1) is 19.0. The molecule has 2 rings (SSSR count). The molecule has 0 aromatic heterocycles. The van der Waals surface area contributed by atoms with Gasteiger partial charge in [0.15, 0.2) is 0 Å². The van der Waals surface area contributed by atoms with Gasteiger partial charge in [-0.25, -0.2) is 8.42 Å². The van der Waals surface area contributed by atoms with Crippen molar-refractivity contribution in [3.05, 3.63) is 28.2 Å².